The molecule has 0 N–H and O–H groups in total. The minimum Gasteiger partial charge on any atom is -0.370 e. The Morgan fingerprint density at radius 2 is 2.00 bits per heavy atom. The minimum absolute atomic E-state index is 0.0761. The Morgan fingerprint density at radius 1 is 1.43 bits per heavy atom. The molecule has 0 aromatic heterocycles. The van der Waals surface area contributed by atoms with Crippen LogP contribution >= 0.6 is 0 Å². The molecule has 0 spiro atoms. The first-order valence-corrected chi connectivity index (χ1v) is 5.41. The van der Waals surface area contributed by atoms with Gasteiger partial charge in [-0.2, -0.15) is 13.1 Å². The summed E-state index contributed by atoms with van der Waals surface area (Å²) in [4.78, 5) is 11.0. The van der Waals surface area contributed by atoms with Crippen molar-refractivity contribution < 1.29 is 26.9 Å². The highest BCUT2D eigenvalue weighted by molar-refractivity contribution is 7.67. The first-order valence-electron chi connectivity index (χ1n) is 4.31. The number of morpholine rings is 1. The van der Waals surface area contributed by atoms with Gasteiger partial charge in [-0.15, -0.1) is 0 Å². The lowest BCUT2D eigenvalue weighted by Crippen LogP contribution is -2.56. The lowest BCUT2D eigenvalue weighted by Gasteiger charge is -2.34. The molecule has 0 unspecified atom stereocenters. The van der Waals surface area contributed by atoms with Crippen molar-refractivity contribution in [1.82, 2.24) is 0 Å². The van der Waals surface area contributed by atoms with Crippen LogP contribution in [0.3, 0.4) is 0 Å². The minimum atomic E-state index is -2.94. The number of ketones is 1. The molecule has 0 saturated carbocycles. The normalized spacial score (nSPS) is 21.0. The molecule has 14 heavy (non-hydrogen) atoms. The van der Waals surface area contributed by atoms with Gasteiger partial charge in [0, 0.05) is 6.92 Å². The van der Waals surface area contributed by atoms with Crippen molar-refractivity contribution in [2.45, 2.75) is 6.92 Å². The monoisotopic (exact) mass is 224 g/mol. The third-order valence-corrected chi connectivity index (χ3v) is 2.52. The Labute approximate surface area is 84.1 Å². The van der Waals surface area contributed by atoms with E-state index in [1.54, 1.807) is 0 Å². The van der Waals surface area contributed by atoms with Crippen LogP contribution in [0.5, 0.6) is 0 Å². The Balaban J connectivity index is 2.70. The maximum Gasteiger partial charge on any atom is 0.304 e. The van der Waals surface area contributed by atoms with Crippen LogP contribution in [0.25, 0.3) is 0 Å². The predicted octanol–water partition coefficient (Wildman–Crippen LogP) is -1.12. The number of nitrogens with zero attached hydrogens (tertiary/aromatic N) is 1. The number of hydrogen-bond acceptors (Lipinski definition) is 5. The second-order valence-electron chi connectivity index (χ2n) is 3.28. The molecule has 1 aliphatic heterocycles. The number of carbonyl (C=O) groups is 1. The summed E-state index contributed by atoms with van der Waals surface area (Å²) < 4.78 is 30.7. The van der Waals surface area contributed by atoms with Crippen molar-refractivity contribution >= 4 is 16.8 Å². The highest BCUT2D eigenvalue weighted by Gasteiger charge is 2.35. The van der Waals surface area contributed by atoms with Crippen LogP contribution in [0, 0.1) is 0 Å². The molecule has 1 saturated heterocycles. The van der Waals surface area contributed by atoms with Gasteiger partial charge >= 0.3 is 11.0 Å². The zero-order chi connectivity index (χ0) is 10.6. The van der Waals surface area contributed by atoms with E-state index in [9.17, 15) is 13.2 Å². The summed E-state index contributed by atoms with van der Waals surface area (Å²) in [6, 6.07) is 0. The molecule has 0 bridgehead atoms. The van der Waals surface area contributed by atoms with Crippen molar-refractivity contribution in [2.24, 2.45) is 0 Å². The van der Waals surface area contributed by atoms with E-state index in [-0.39, 0.29) is 17.0 Å². The maximum atomic E-state index is 11.0. The summed E-state index contributed by atoms with van der Waals surface area (Å²) in [5.74, 6) is -0.0937. The Kier molecular flexibility index (Phi) is 3.99. The fourth-order valence-corrected chi connectivity index (χ4v) is 2.00. The van der Waals surface area contributed by atoms with E-state index in [4.69, 9.17) is 9.02 Å². The molecular formula is C7H14NO5S+. The third-order valence-electron chi connectivity index (χ3n) is 2.04. The summed E-state index contributed by atoms with van der Waals surface area (Å²) in [6.07, 6.45) is 0. The van der Waals surface area contributed by atoms with Crippen LogP contribution in [-0.2, 0) is 24.8 Å². The average Bonchev–Trinajstić information content (AvgIpc) is 2.01. The van der Waals surface area contributed by atoms with Crippen molar-refractivity contribution in [1.29, 1.82) is 0 Å². The van der Waals surface area contributed by atoms with Gasteiger partial charge in [0.2, 0.25) is 0 Å². The lowest BCUT2D eigenvalue weighted by atomic mass is 10.3. The molecule has 0 aromatic rings. The molecular weight excluding hydrogens is 210 g/mol. The van der Waals surface area contributed by atoms with E-state index >= 15 is 0 Å². The topological polar surface area (TPSA) is 69.7 Å². The van der Waals surface area contributed by atoms with Gasteiger partial charge in [0.15, 0.2) is 12.3 Å². The summed E-state index contributed by atoms with van der Waals surface area (Å²) >= 11 is 0. The highest BCUT2D eigenvalue weighted by atomic mass is 32.2. The fourth-order valence-electron chi connectivity index (χ4n) is 1.49. The smallest absolute Gasteiger partial charge is 0.304 e. The van der Waals surface area contributed by atoms with Gasteiger partial charge in [0.25, 0.3) is 0 Å². The van der Waals surface area contributed by atoms with Crippen LogP contribution in [0.1, 0.15) is 6.92 Å². The number of thiol groups is 1. The summed E-state index contributed by atoms with van der Waals surface area (Å²) in [7, 11) is -2.94. The fraction of sp³-hybridized carbons (Fsp3) is 0.857. The second-order valence-corrected chi connectivity index (χ2v) is 3.89. The number of ether oxygens (including phenoxy) is 1. The van der Waals surface area contributed by atoms with E-state index in [2.05, 4.69) is 0 Å². The maximum absolute atomic E-state index is 11.0. The summed E-state index contributed by atoms with van der Waals surface area (Å²) in [5, 5.41) is 0. The number of hydrogen-bond donors (Lipinski definition) is 1. The Bertz CT molecular complexity index is 274. The Hall–Kier alpha value is -0.500. The molecule has 0 atom stereocenters. The Morgan fingerprint density at radius 3 is 2.43 bits per heavy atom. The van der Waals surface area contributed by atoms with Crippen LogP contribution < -0.4 is 0 Å². The van der Waals surface area contributed by atoms with Crippen molar-refractivity contribution in [2.75, 3.05) is 32.8 Å². The summed E-state index contributed by atoms with van der Waals surface area (Å²) in [5.41, 5.74) is 0. The van der Waals surface area contributed by atoms with Crippen LogP contribution in [-0.4, -0.2) is 51.7 Å². The molecule has 1 rings (SSSR count). The van der Waals surface area contributed by atoms with Gasteiger partial charge in [-0.05, 0) is 0 Å². The van der Waals surface area contributed by atoms with E-state index < -0.39 is 11.0 Å². The third kappa shape index (κ3) is 3.33. The molecule has 1 aliphatic rings. The first kappa shape index (κ1) is 11.6. The predicted molar refractivity (Wildman–Crippen MR) is 47.8 cm³/mol. The highest BCUT2D eigenvalue weighted by Crippen LogP contribution is 2.12. The zero-order valence-electron chi connectivity index (χ0n) is 7.97. The van der Waals surface area contributed by atoms with Crippen LogP contribution in [0.15, 0.2) is 0 Å². The second kappa shape index (κ2) is 4.83. The van der Waals surface area contributed by atoms with Gasteiger partial charge in [-0.25, -0.2) is 0 Å². The van der Waals surface area contributed by atoms with E-state index in [0.29, 0.717) is 26.3 Å². The number of Topliss-reactive ketones (excluding diaryl/α,β-unsaturated/α-hetero) is 1. The number of quaternary nitrogens is 1. The van der Waals surface area contributed by atoms with Gasteiger partial charge < -0.3 is 4.74 Å². The van der Waals surface area contributed by atoms with Gasteiger partial charge in [0.05, 0.1) is 13.2 Å². The summed E-state index contributed by atoms with van der Waals surface area (Å²) in [6.45, 7) is 3.10. The van der Waals surface area contributed by atoms with Crippen LogP contribution in [0.2, 0.25) is 0 Å². The number of rotatable bonds is 4. The SMILES string of the molecule is CC(=O)C[N+]1(O[SH](=O)=O)CCOCC1. The zero-order valence-corrected chi connectivity index (χ0v) is 8.87. The van der Waals surface area contributed by atoms with E-state index in [0.717, 1.165) is 0 Å². The molecule has 0 aliphatic carbocycles. The standard InChI is InChI=1S/C7H14NO5S/c1-7(9)6-8(13-14(10)11)2-4-12-5-3-8/h14H,2-6H2,1H3/q+1. The molecule has 82 valence electrons. The lowest BCUT2D eigenvalue weighted by molar-refractivity contribution is -1.08. The van der Waals surface area contributed by atoms with Crippen LogP contribution in [0.4, 0.5) is 0 Å². The number of hydroxylamine groups is 3. The average molecular weight is 224 g/mol. The van der Waals surface area contributed by atoms with Crippen molar-refractivity contribution in [3.63, 3.8) is 0 Å². The first-order chi connectivity index (χ1) is 6.54. The van der Waals surface area contributed by atoms with Crippen molar-refractivity contribution in [3.8, 4) is 0 Å². The largest absolute Gasteiger partial charge is 0.370 e. The van der Waals surface area contributed by atoms with Gasteiger partial charge in [-0.3, -0.25) is 4.79 Å². The molecule has 0 amide bonds. The van der Waals surface area contributed by atoms with Gasteiger partial charge in [-0.1, -0.05) is 4.28 Å². The quantitative estimate of drug-likeness (QED) is 0.484. The molecule has 0 aromatic carbocycles. The molecule has 1 heterocycles. The molecule has 7 heteroatoms. The molecule has 0 radical (unpaired) electrons. The van der Waals surface area contributed by atoms with Crippen molar-refractivity contribution in [3.05, 3.63) is 0 Å². The van der Waals surface area contributed by atoms with Gasteiger partial charge in [0.1, 0.15) is 13.1 Å². The molecule has 6 nitrogen and oxygen atoms in total. The molecule has 1 fully saturated rings. The van der Waals surface area contributed by atoms with E-state index in [1.165, 1.54) is 6.92 Å². The van der Waals surface area contributed by atoms with E-state index in [1.807, 2.05) is 0 Å². The number of carbonyl (C=O) groups excluding carboxylic acids is 1.